The zero-order valence-corrected chi connectivity index (χ0v) is 15.6. The van der Waals surface area contributed by atoms with Crippen LogP contribution in [0.25, 0.3) is 0 Å². The van der Waals surface area contributed by atoms with Gasteiger partial charge in [0.1, 0.15) is 0 Å². The van der Waals surface area contributed by atoms with Gasteiger partial charge >= 0.3 is 6.18 Å². The molecule has 0 saturated heterocycles. The number of amides is 1. The monoisotopic (exact) mass is 420 g/mol. The van der Waals surface area contributed by atoms with Gasteiger partial charge in [-0.25, -0.2) is 8.42 Å². The third kappa shape index (κ3) is 4.94. The van der Waals surface area contributed by atoms with Crippen LogP contribution in [0.5, 0.6) is 0 Å². The van der Waals surface area contributed by atoms with Crippen LogP contribution in [0.1, 0.15) is 15.9 Å². The van der Waals surface area contributed by atoms with E-state index in [1.165, 1.54) is 48.5 Å². The maximum atomic E-state index is 12.8. The Morgan fingerprint density at radius 3 is 2.17 bits per heavy atom. The summed E-state index contributed by atoms with van der Waals surface area (Å²) < 4.78 is 65.9. The van der Waals surface area contributed by atoms with E-state index < -0.39 is 27.7 Å². The molecule has 0 spiro atoms. The molecule has 0 heterocycles. The smallest absolute Gasteiger partial charge is 0.322 e. The van der Waals surface area contributed by atoms with Crippen LogP contribution in [0.2, 0.25) is 0 Å². The third-order valence-corrected chi connectivity index (χ3v) is 5.30. The molecular formula is C20H15F3N2O3S. The van der Waals surface area contributed by atoms with E-state index >= 15 is 0 Å². The first-order chi connectivity index (χ1) is 13.7. The quantitative estimate of drug-likeness (QED) is 0.625. The Labute approximate surface area is 165 Å². The molecular weight excluding hydrogens is 405 g/mol. The Hall–Kier alpha value is -3.33. The van der Waals surface area contributed by atoms with Gasteiger partial charge in [-0.1, -0.05) is 36.4 Å². The van der Waals surface area contributed by atoms with Crippen LogP contribution in [-0.2, 0) is 16.2 Å². The van der Waals surface area contributed by atoms with Gasteiger partial charge in [-0.05, 0) is 42.5 Å². The highest BCUT2D eigenvalue weighted by Crippen LogP contribution is 2.31. The van der Waals surface area contributed by atoms with Crippen LogP contribution in [0.4, 0.5) is 24.5 Å². The summed E-state index contributed by atoms with van der Waals surface area (Å²) >= 11 is 0. The summed E-state index contributed by atoms with van der Waals surface area (Å²) in [5.74, 6) is -0.754. The number of anilines is 2. The number of halogens is 3. The molecule has 1 amide bonds. The van der Waals surface area contributed by atoms with E-state index in [9.17, 15) is 26.4 Å². The lowest BCUT2D eigenvalue weighted by Gasteiger charge is -2.13. The van der Waals surface area contributed by atoms with Crippen molar-refractivity contribution in [3.63, 3.8) is 0 Å². The average molecular weight is 420 g/mol. The Morgan fingerprint density at radius 2 is 1.48 bits per heavy atom. The fourth-order valence-corrected chi connectivity index (χ4v) is 3.65. The number of carbonyl (C=O) groups is 1. The maximum absolute atomic E-state index is 12.8. The standard InChI is InChI=1S/C20H15F3N2O3S/c21-20(22,23)14-7-6-8-15(13-14)24-19(26)17-11-4-5-12-18(17)25-29(27,28)16-9-2-1-3-10-16/h1-13,25H,(H,24,26). The lowest BCUT2D eigenvalue weighted by atomic mass is 10.1. The molecule has 0 unspecified atom stereocenters. The fourth-order valence-electron chi connectivity index (χ4n) is 2.55. The largest absolute Gasteiger partial charge is 0.416 e. The third-order valence-electron chi connectivity index (χ3n) is 3.92. The van der Waals surface area contributed by atoms with Crippen molar-refractivity contribution >= 4 is 27.3 Å². The van der Waals surface area contributed by atoms with Crippen molar-refractivity contribution in [2.24, 2.45) is 0 Å². The summed E-state index contributed by atoms with van der Waals surface area (Å²) in [4.78, 5) is 12.6. The molecule has 150 valence electrons. The summed E-state index contributed by atoms with van der Waals surface area (Å²) in [6.45, 7) is 0. The Kier molecular flexibility index (Phi) is 5.60. The molecule has 2 N–H and O–H groups in total. The zero-order valence-electron chi connectivity index (χ0n) is 14.8. The molecule has 3 aromatic rings. The van der Waals surface area contributed by atoms with E-state index in [1.807, 2.05) is 0 Å². The van der Waals surface area contributed by atoms with E-state index in [1.54, 1.807) is 18.2 Å². The second-order valence-electron chi connectivity index (χ2n) is 6.00. The average Bonchev–Trinajstić information content (AvgIpc) is 2.68. The van der Waals surface area contributed by atoms with Crippen molar-refractivity contribution < 1.29 is 26.4 Å². The van der Waals surface area contributed by atoms with Gasteiger partial charge in [0.05, 0.1) is 21.7 Å². The van der Waals surface area contributed by atoms with E-state index in [4.69, 9.17) is 0 Å². The van der Waals surface area contributed by atoms with Gasteiger partial charge in [-0.15, -0.1) is 0 Å². The molecule has 0 aromatic heterocycles. The van der Waals surface area contributed by atoms with Gasteiger partial charge < -0.3 is 5.32 Å². The molecule has 29 heavy (non-hydrogen) atoms. The molecule has 0 aliphatic heterocycles. The highest BCUT2D eigenvalue weighted by Gasteiger charge is 2.30. The van der Waals surface area contributed by atoms with Crippen molar-refractivity contribution in [2.45, 2.75) is 11.1 Å². The van der Waals surface area contributed by atoms with Crippen LogP contribution in [0.15, 0.2) is 83.8 Å². The van der Waals surface area contributed by atoms with Crippen molar-refractivity contribution in [3.8, 4) is 0 Å². The second kappa shape index (κ2) is 7.96. The van der Waals surface area contributed by atoms with Gasteiger partial charge in [0.15, 0.2) is 0 Å². The SMILES string of the molecule is O=C(Nc1cccc(C(F)(F)F)c1)c1ccccc1NS(=O)(=O)c1ccccc1. The van der Waals surface area contributed by atoms with Crippen LogP contribution < -0.4 is 10.0 Å². The predicted molar refractivity (Wildman–Crippen MR) is 103 cm³/mol. The van der Waals surface area contributed by atoms with Crippen LogP contribution in [-0.4, -0.2) is 14.3 Å². The number of para-hydroxylation sites is 1. The molecule has 0 bridgehead atoms. The minimum Gasteiger partial charge on any atom is -0.322 e. The number of alkyl halides is 3. The van der Waals surface area contributed by atoms with Crippen molar-refractivity contribution in [1.29, 1.82) is 0 Å². The highest BCUT2D eigenvalue weighted by atomic mass is 32.2. The van der Waals surface area contributed by atoms with Crippen molar-refractivity contribution in [2.75, 3.05) is 10.0 Å². The second-order valence-corrected chi connectivity index (χ2v) is 7.68. The number of benzene rings is 3. The van der Waals surface area contributed by atoms with Gasteiger partial charge in [-0.2, -0.15) is 13.2 Å². The minimum absolute atomic E-state index is 0.000768. The van der Waals surface area contributed by atoms with Gasteiger partial charge in [0, 0.05) is 5.69 Å². The highest BCUT2D eigenvalue weighted by molar-refractivity contribution is 7.92. The first kappa shape index (κ1) is 20.4. The molecule has 5 nitrogen and oxygen atoms in total. The minimum atomic E-state index is -4.55. The molecule has 9 heteroatoms. The predicted octanol–water partition coefficient (Wildman–Crippen LogP) is 4.76. The fraction of sp³-hybridized carbons (Fsp3) is 0.0500. The Morgan fingerprint density at radius 1 is 0.828 bits per heavy atom. The number of rotatable bonds is 5. The number of carbonyl (C=O) groups excluding carboxylic acids is 1. The van der Waals surface area contributed by atoms with Gasteiger partial charge in [0.2, 0.25) is 0 Å². The maximum Gasteiger partial charge on any atom is 0.416 e. The van der Waals surface area contributed by atoms with Gasteiger partial charge in [0.25, 0.3) is 15.9 Å². The van der Waals surface area contributed by atoms with E-state index in [0.717, 1.165) is 12.1 Å². The molecule has 0 saturated carbocycles. The Bertz CT molecular complexity index is 1130. The van der Waals surface area contributed by atoms with Crippen LogP contribution >= 0.6 is 0 Å². The number of sulfonamides is 1. The summed E-state index contributed by atoms with van der Waals surface area (Å²) in [6, 6.07) is 17.5. The van der Waals surface area contributed by atoms with Crippen LogP contribution in [0.3, 0.4) is 0 Å². The summed E-state index contributed by atoms with van der Waals surface area (Å²) in [5, 5.41) is 2.36. The molecule has 3 aromatic carbocycles. The lowest BCUT2D eigenvalue weighted by Crippen LogP contribution is -2.18. The van der Waals surface area contributed by atoms with Crippen LogP contribution in [0, 0.1) is 0 Å². The van der Waals surface area contributed by atoms with Crippen molar-refractivity contribution in [3.05, 3.63) is 90.0 Å². The number of nitrogens with one attached hydrogen (secondary N) is 2. The first-order valence-corrected chi connectivity index (χ1v) is 9.81. The van der Waals surface area contributed by atoms with E-state index in [2.05, 4.69) is 10.0 Å². The summed E-state index contributed by atoms with van der Waals surface area (Å²) in [5.41, 5.74) is -1.01. The molecule has 3 rings (SSSR count). The lowest BCUT2D eigenvalue weighted by molar-refractivity contribution is -0.137. The molecule has 0 aliphatic rings. The molecule has 0 radical (unpaired) electrons. The molecule has 0 fully saturated rings. The summed E-state index contributed by atoms with van der Waals surface area (Å²) in [7, 11) is -3.95. The number of hydrogen-bond acceptors (Lipinski definition) is 3. The topological polar surface area (TPSA) is 75.3 Å². The summed E-state index contributed by atoms with van der Waals surface area (Å²) in [6.07, 6.45) is -4.55. The number of hydrogen-bond donors (Lipinski definition) is 2. The van der Waals surface area contributed by atoms with Crippen molar-refractivity contribution in [1.82, 2.24) is 0 Å². The van der Waals surface area contributed by atoms with E-state index in [-0.39, 0.29) is 21.8 Å². The van der Waals surface area contributed by atoms with Gasteiger partial charge in [-0.3, -0.25) is 9.52 Å². The zero-order chi connectivity index (χ0) is 21.1. The molecule has 0 atom stereocenters. The normalized spacial score (nSPS) is 11.7. The first-order valence-electron chi connectivity index (χ1n) is 8.32. The van der Waals surface area contributed by atoms with E-state index in [0.29, 0.717) is 0 Å². The Balaban J connectivity index is 1.87. The molecule has 0 aliphatic carbocycles.